The fraction of sp³-hybridized carbons (Fsp3) is 0.391. The fourth-order valence-electron chi connectivity index (χ4n) is 2.93. The molecule has 0 unspecified atom stereocenters. The van der Waals surface area contributed by atoms with E-state index in [1.807, 2.05) is 30.3 Å². The monoisotopic (exact) mass is 494 g/mol. The highest BCUT2D eigenvalue weighted by atomic mass is 79.9. The molecule has 0 spiro atoms. The first-order valence-electron chi connectivity index (χ1n) is 9.71. The van der Waals surface area contributed by atoms with E-state index >= 15 is 0 Å². The third-order valence-corrected chi connectivity index (χ3v) is 5.66. The summed E-state index contributed by atoms with van der Waals surface area (Å²) in [6, 6.07) is 12.4. The van der Waals surface area contributed by atoms with Crippen molar-refractivity contribution in [3.63, 3.8) is 0 Å². The second-order valence-corrected chi connectivity index (χ2v) is 9.42. The first-order valence-corrected chi connectivity index (χ1v) is 10.9. The minimum Gasteiger partial charge on any atom is -0.483 e. The quantitative estimate of drug-likeness (QED) is 0.592. The second kappa shape index (κ2) is 10.3. The number of amides is 2. The Bertz CT molecular complexity index is 912. The first kappa shape index (κ1) is 24.2. The molecule has 0 radical (unpaired) electrons. The van der Waals surface area contributed by atoms with Crippen LogP contribution < -0.4 is 10.1 Å². The van der Waals surface area contributed by atoms with Crippen molar-refractivity contribution >= 4 is 39.3 Å². The molecule has 0 saturated carbocycles. The van der Waals surface area contributed by atoms with Crippen molar-refractivity contribution in [3.05, 3.63) is 63.1 Å². The summed E-state index contributed by atoms with van der Waals surface area (Å²) in [5, 5.41) is 3.17. The van der Waals surface area contributed by atoms with E-state index in [2.05, 4.69) is 42.0 Å². The summed E-state index contributed by atoms with van der Waals surface area (Å²) in [5.74, 6) is 0.0330. The largest absolute Gasteiger partial charge is 0.483 e. The molecule has 0 heterocycles. The van der Waals surface area contributed by atoms with Crippen LogP contribution in [0.15, 0.2) is 46.9 Å². The summed E-state index contributed by atoms with van der Waals surface area (Å²) in [6.45, 7) is 8.15. The van der Waals surface area contributed by atoms with E-state index in [9.17, 15) is 9.59 Å². The van der Waals surface area contributed by atoms with Crippen molar-refractivity contribution in [1.82, 2.24) is 10.2 Å². The number of ether oxygens (including phenoxy) is 1. The van der Waals surface area contributed by atoms with Crippen LogP contribution in [0.3, 0.4) is 0 Å². The molecule has 2 aromatic carbocycles. The molecule has 30 heavy (non-hydrogen) atoms. The van der Waals surface area contributed by atoms with Gasteiger partial charge < -0.3 is 15.0 Å². The maximum atomic E-state index is 13.0. The van der Waals surface area contributed by atoms with Crippen molar-refractivity contribution in [2.24, 2.45) is 0 Å². The van der Waals surface area contributed by atoms with Crippen molar-refractivity contribution in [2.75, 3.05) is 13.7 Å². The predicted molar refractivity (Wildman–Crippen MR) is 124 cm³/mol. The number of rotatable bonds is 7. The Labute approximate surface area is 191 Å². The van der Waals surface area contributed by atoms with E-state index in [0.29, 0.717) is 10.8 Å². The third kappa shape index (κ3) is 6.47. The highest BCUT2D eigenvalue weighted by Gasteiger charge is 2.26. The number of likely N-dealkylation sites (N-methyl/N-ethyl adjacent to an activating group) is 1. The lowest BCUT2D eigenvalue weighted by Crippen LogP contribution is -2.48. The number of carbonyl (C=O) groups is 2. The molecule has 0 aliphatic rings. The lowest BCUT2D eigenvalue weighted by molar-refractivity contribution is -0.142. The van der Waals surface area contributed by atoms with Crippen LogP contribution in [0.4, 0.5) is 0 Å². The molecule has 0 aliphatic carbocycles. The van der Waals surface area contributed by atoms with Gasteiger partial charge in [-0.1, -0.05) is 50.6 Å². The average Bonchev–Trinajstić information content (AvgIpc) is 2.69. The third-order valence-electron chi connectivity index (χ3n) is 4.80. The Hall–Kier alpha value is -2.05. The molecular formula is C23H28BrClN2O3. The van der Waals surface area contributed by atoms with Crippen LogP contribution in [0.1, 0.15) is 38.8 Å². The molecule has 1 N–H and O–H groups in total. The standard InChI is InChI=1S/C23H28BrClN2O3/c1-15(22(29)26-5)27(13-16-7-6-8-18(25)11-16)21(28)14-30-20-10-9-17(12-19(20)24)23(2,3)4/h6-12,15H,13-14H2,1-5H3,(H,26,29)/t15-/m1/s1. The summed E-state index contributed by atoms with van der Waals surface area (Å²) in [4.78, 5) is 26.7. The molecule has 0 aromatic heterocycles. The van der Waals surface area contributed by atoms with Gasteiger partial charge in [0.25, 0.3) is 5.91 Å². The normalized spacial score (nSPS) is 12.2. The highest BCUT2D eigenvalue weighted by Crippen LogP contribution is 2.31. The predicted octanol–water partition coefficient (Wildman–Crippen LogP) is 4.94. The highest BCUT2D eigenvalue weighted by molar-refractivity contribution is 9.10. The van der Waals surface area contributed by atoms with Gasteiger partial charge in [-0.05, 0) is 63.7 Å². The molecule has 0 saturated heterocycles. The molecule has 2 rings (SSSR count). The van der Waals surface area contributed by atoms with Crippen LogP contribution in [-0.2, 0) is 21.5 Å². The topological polar surface area (TPSA) is 58.6 Å². The van der Waals surface area contributed by atoms with Gasteiger partial charge in [-0.25, -0.2) is 0 Å². The smallest absolute Gasteiger partial charge is 0.261 e. The molecule has 1 atom stereocenters. The van der Waals surface area contributed by atoms with E-state index in [1.54, 1.807) is 26.1 Å². The zero-order valence-electron chi connectivity index (χ0n) is 18.0. The van der Waals surface area contributed by atoms with Crippen LogP contribution >= 0.6 is 27.5 Å². The molecule has 0 bridgehead atoms. The lowest BCUT2D eigenvalue weighted by atomic mass is 9.87. The Kier molecular flexibility index (Phi) is 8.33. The van der Waals surface area contributed by atoms with Gasteiger partial charge in [0, 0.05) is 18.6 Å². The van der Waals surface area contributed by atoms with Crippen LogP contribution in [0, 0.1) is 0 Å². The number of hydrogen-bond acceptors (Lipinski definition) is 3. The van der Waals surface area contributed by atoms with Gasteiger partial charge in [-0.3, -0.25) is 9.59 Å². The molecule has 7 heteroatoms. The van der Waals surface area contributed by atoms with Gasteiger partial charge in [0.2, 0.25) is 5.91 Å². The van der Waals surface area contributed by atoms with Gasteiger partial charge in [-0.15, -0.1) is 0 Å². The van der Waals surface area contributed by atoms with E-state index in [0.717, 1.165) is 15.6 Å². The van der Waals surface area contributed by atoms with Crippen molar-refractivity contribution in [3.8, 4) is 5.75 Å². The van der Waals surface area contributed by atoms with Gasteiger partial charge in [0.05, 0.1) is 4.47 Å². The SMILES string of the molecule is CNC(=O)[C@@H](C)N(Cc1cccc(Cl)c1)C(=O)COc1ccc(C(C)(C)C)cc1Br. The second-order valence-electron chi connectivity index (χ2n) is 8.13. The van der Waals surface area contributed by atoms with Crippen molar-refractivity contribution in [1.29, 1.82) is 0 Å². The van der Waals surface area contributed by atoms with Crippen LogP contribution in [0.2, 0.25) is 5.02 Å². The van der Waals surface area contributed by atoms with E-state index in [-0.39, 0.29) is 30.4 Å². The van der Waals surface area contributed by atoms with E-state index in [4.69, 9.17) is 16.3 Å². The van der Waals surface area contributed by atoms with Gasteiger partial charge in [0.15, 0.2) is 6.61 Å². The number of carbonyl (C=O) groups excluding carboxylic acids is 2. The summed E-state index contributed by atoms with van der Waals surface area (Å²) in [6.07, 6.45) is 0. The van der Waals surface area contributed by atoms with Crippen LogP contribution in [0.25, 0.3) is 0 Å². The van der Waals surface area contributed by atoms with E-state index in [1.165, 1.54) is 4.90 Å². The summed E-state index contributed by atoms with van der Waals surface area (Å²) < 4.78 is 6.56. The number of halogens is 2. The Morgan fingerprint density at radius 2 is 1.90 bits per heavy atom. The van der Waals surface area contributed by atoms with Gasteiger partial charge >= 0.3 is 0 Å². The minimum absolute atomic E-state index is 0.00751. The molecular weight excluding hydrogens is 468 g/mol. The maximum absolute atomic E-state index is 13.0. The Morgan fingerprint density at radius 1 is 1.20 bits per heavy atom. The molecule has 0 fully saturated rings. The fourth-order valence-corrected chi connectivity index (χ4v) is 3.64. The summed E-state index contributed by atoms with van der Waals surface area (Å²) in [5.41, 5.74) is 2.00. The Balaban J connectivity index is 2.17. The van der Waals surface area contributed by atoms with Crippen molar-refractivity contribution in [2.45, 2.75) is 45.7 Å². The number of nitrogens with one attached hydrogen (secondary N) is 1. The summed E-state index contributed by atoms with van der Waals surface area (Å²) in [7, 11) is 1.55. The zero-order valence-corrected chi connectivity index (χ0v) is 20.3. The van der Waals surface area contributed by atoms with Gasteiger partial charge in [0.1, 0.15) is 11.8 Å². The molecule has 5 nitrogen and oxygen atoms in total. The first-order chi connectivity index (χ1) is 14.0. The molecule has 2 aromatic rings. The lowest BCUT2D eigenvalue weighted by Gasteiger charge is -2.28. The van der Waals surface area contributed by atoms with Crippen LogP contribution in [0.5, 0.6) is 5.75 Å². The number of benzene rings is 2. The van der Waals surface area contributed by atoms with Gasteiger partial charge in [-0.2, -0.15) is 0 Å². The van der Waals surface area contributed by atoms with Crippen molar-refractivity contribution < 1.29 is 14.3 Å². The number of nitrogens with zero attached hydrogens (tertiary/aromatic N) is 1. The minimum atomic E-state index is -0.656. The molecule has 0 aliphatic heterocycles. The molecule has 2 amide bonds. The zero-order chi connectivity index (χ0) is 22.5. The summed E-state index contributed by atoms with van der Waals surface area (Å²) >= 11 is 9.59. The molecule has 162 valence electrons. The van der Waals surface area contributed by atoms with E-state index < -0.39 is 6.04 Å². The Morgan fingerprint density at radius 3 is 2.47 bits per heavy atom. The maximum Gasteiger partial charge on any atom is 0.261 e. The van der Waals surface area contributed by atoms with Crippen LogP contribution in [-0.4, -0.2) is 36.4 Å². The average molecular weight is 496 g/mol. The number of hydrogen-bond donors (Lipinski definition) is 1.